The van der Waals surface area contributed by atoms with Crippen molar-refractivity contribution in [3.05, 3.63) is 35.4 Å². The molecule has 21 heavy (non-hydrogen) atoms. The summed E-state index contributed by atoms with van der Waals surface area (Å²) in [6.07, 6.45) is 1.27. The molecule has 114 valence electrons. The molecule has 0 bridgehead atoms. The molecule has 0 unspecified atom stereocenters. The van der Waals surface area contributed by atoms with Crippen LogP contribution in [-0.4, -0.2) is 42.4 Å². The predicted molar refractivity (Wildman–Crippen MR) is 72.5 cm³/mol. The van der Waals surface area contributed by atoms with Gasteiger partial charge in [-0.1, -0.05) is 6.07 Å². The lowest BCUT2D eigenvalue weighted by Gasteiger charge is -2.31. The number of halogens is 2. The SMILES string of the molecule is NC(=O)CN1CCC(NC(=O)c2cccc(F)c2F)CC1. The molecule has 0 atom stereocenters. The molecule has 7 heteroatoms. The third-order valence-electron chi connectivity index (χ3n) is 3.50. The summed E-state index contributed by atoms with van der Waals surface area (Å²) < 4.78 is 26.6. The number of carbonyl (C=O) groups excluding carboxylic acids is 2. The minimum atomic E-state index is -1.14. The lowest BCUT2D eigenvalue weighted by Crippen LogP contribution is -2.46. The van der Waals surface area contributed by atoms with E-state index in [1.165, 1.54) is 12.1 Å². The van der Waals surface area contributed by atoms with Gasteiger partial charge in [0.1, 0.15) is 0 Å². The number of nitrogens with two attached hydrogens (primary N) is 1. The van der Waals surface area contributed by atoms with Crippen LogP contribution in [0.2, 0.25) is 0 Å². The summed E-state index contributed by atoms with van der Waals surface area (Å²) in [5.41, 5.74) is 4.82. The molecule has 0 aliphatic carbocycles. The molecule has 2 amide bonds. The first-order chi connectivity index (χ1) is 9.97. The summed E-state index contributed by atoms with van der Waals surface area (Å²) in [6, 6.07) is 3.39. The zero-order chi connectivity index (χ0) is 15.4. The van der Waals surface area contributed by atoms with Gasteiger partial charge in [-0.15, -0.1) is 0 Å². The Morgan fingerprint density at radius 3 is 2.57 bits per heavy atom. The molecule has 0 spiro atoms. The predicted octanol–water partition coefficient (Wildman–Crippen LogP) is 0.644. The average molecular weight is 297 g/mol. The fourth-order valence-corrected chi connectivity index (χ4v) is 2.40. The lowest BCUT2D eigenvalue weighted by atomic mass is 10.0. The second-order valence-corrected chi connectivity index (χ2v) is 5.09. The van der Waals surface area contributed by atoms with Crippen molar-refractivity contribution in [3.63, 3.8) is 0 Å². The first kappa shape index (κ1) is 15.4. The number of rotatable bonds is 4. The number of primary amides is 1. The van der Waals surface area contributed by atoms with Gasteiger partial charge in [-0.3, -0.25) is 14.5 Å². The molecule has 3 N–H and O–H groups in total. The fourth-order valence-electron chi connectivity index (χ4n) is 2.40. The van der Waals surface area contributed by atoms with Crippen LogP contribution in [0.5, 0.6) is 0 Å². The number of benzene rings is 1. The van der Waals surface area contributed by atoms with Crippen molar-refractivity contribution in [1.29, 1.82) is 0 Å². The van der Waals surface area contributed by atoms with E-state index in [4.69, 9.17) is 5.73 Å². The highest BCUT2D eigenvalue weighted by molar-refractivity contribution is 5.94. The molecule has 1 fully saturated rings. The molecular formula is C14H17F2N3O2. The van der Waals surface area contributed by atoms with Crippen LogP contribution in [0.4, 0.5) is 8.78 Å². The molecule has 1 saturated heterocycles. The molecule has 0 radical (unpaired) electrons. The maximum absolute atomic E-state index is 13.5. The maximum atomic E-state index is 13.5. The van der Waals surface area contributed by atoms with E-state index in [2.05, 4.69) is 5.32 Å². The molecule has 0 saturated carbocycles. The van der Waals surface area contributed by atoms with Gasteiger partial charge in [-0.25, -0.2) is 8.78 Å². The number of nitrogens with zero attached hydrogens (tertiary/aromatic N) is 1. The van der Waals surface area contributed by atoms with E-state index >= 15 is 0 Å². The monoisotopic (exact) mass is 297 g/mol. The number of hydrogen-bond donors (Lipinski definition) is 2. The van der Waals surface area contributed by atoms with Gasteiger partial charge in [-0.05, 0) is 25.0 Å². The third kappa shape index (κ3) is 3.98. The van der Waals surface area contributed by atoms with E-state index in [-0.39, 0.29) is 24.1 Å². The van der Waals surface area contributed by atoms with Crippen molar-refractivity contribution in [2.75, 3.05) is 19.6 Å². The molecule has 1 heterocycles. The molecule has 2 rings (SSSR count). The molecule has 1 aliphatic heterocycles. The van der Waals surface area contributed by atoms with Gasteiger partial charge in [0.05, 0.1) is 12.1 Å². The van der Waals surface area contributed by atoms with Crippen molar-refractivity contribution in [2.45, 2.75) is 18.9 Å². The van der Waals surface area contributed by atoms with E-state index in [1.54, 1.807) is 0 Å². The summed E-state index contributed by atoms with van der Waals surface area (Å²) in [6.45, 7) is 1.44. The number of carbonyl (C=O) groups is 2. The van der Waals surface area contributed by atoms with E-state index in [1.807, 2.05) is 4.90 Å². The minimum absolute atomic E-state index is 0.121. The minimum Gasteiger partial charge on any atom is -0.369 e. The standard InChI is InChI=1S/C14H17F2N3O2/c15-11-3-1-2-10(13(11)16)14(21)18-9-4-6-19(7-5-9)8-12(17)20/h1-3,9H,4-8H2,(H2,17,20)(H,18,21). The average Bonchev–Trinajstić information content (AvgIpc) is 2.43. The zero-order valence-corrected chi connectivity index (χ0v) is 11.4. The highest BCUT2D eigenvalue weighted by Gasteiger charge is 2.23. The van der Waals surface area contributed by atoms with Gasteiger partial charge < -0.3 is 11.1 Å². The van der Waals surface area contributed by atoms with Gasteiger partial charge in [0.15, 0.2) is 11.6 Å². The Balaban J connectivity index is 1.90. The highest BCUT2D eigenvalue weighted by atomic mass is 19.2. The van der Waals surface area contributed by atoms with Crippen LogP contribution >= 0.6 is 0 Å². The Labute approximate surface area is 121 Å². The molecule has 5 nitrogen and oxygen atoms in total. The number of amides is 2. The molecule has 0 aromatic heterocycles. The van der Waals surface area contributed by atoms with Crippen molar-refractivity contribution in [1.82, 2.24) is 10.2 Å². The molecular weight excluding hydrogens is 280 g/mol. The number of likely N-dealkylation sites (tertiary alicyclic amines) is 1. The van der Waals surface area contributed by atoms with E-state index in [0.717, 1.165) is 6.07 Å². The number of hydrogen-bond acceptors (Lipinski definition) is 3. The molecule has 1 aromatic carbocycles. The first-order valence-corrected chi connectivity index (χ1v) is 6.73. The Morgan fingerprint density at radius 2 is 1.95 bits per heavy atom. The molecule has 1 aromatic rings. The summed E-state index contributed by atoms with van der Waals surface area (Å²) in [5, 5.41) is 2.69. The van der Waals surface area contributed by atoms with Gasteiger partial charge in [0, 0.05) is 19.1 Å². The van der Waals surface area contributed by atoms with Crippen LogP contribution in [0.3, 0.4) is 0 Å². The zero-order valence-electron chi connectivity index (χ0n) is 11.4. The Bertz CT molecular complexity index is 543. The normalized spacial score (nSPS) is 16.7. The number of piperidine rings is 1. The van der Waals surface area contributed by atoms with E-state index in [9.17, 15) is 18.4 Å². The van der Waals surface area contributed by atoms with Gasteiger partial charge in [0.25, 0.3) is 5.91 Å². The van der Waals surface area contributed by atoms with Gasteiger partial charge in [0.2, 0.25) is 5.91 Å². The summed E-state index contributed by atoms with van der Waals surface area (Å²) in [7, 11) is 0. The largest absolute Gasteiger partial charge is 0.369 e. The van der Waals surface area contributed by atoms with E-state index in [0.29, 0.717) is 25.9 Å². The summed E-state index contributed by atoms with van der Waals surface area (Å²) in [5.74, 6) is -3.19. The van der Waals surface area contributed by atoms with Crippen LogP contribution in [0.15, 0.2) is 18.2 Å². The quantitative estimate of drug-likeness (QED) is 0.856. The van der Waals surface area contributed by atoms with Crippen LogP contribution in [0.1, 0.15) is 23.2 Å². The summed E-state index contributed by atoms with van der Waals surface area (Å²) >= 11 is 0. The first-order valence-electron chi connectivity index (χ1n) is 6.73. The topological polar surface area (TPSA) is 75.4 Å². The van der Waals surface area contributed by atoms with Crippen LogP contribution in [-0.2, 0) is 4.79 Å². The Morgan fingerprint density at radius 1 is 1.29 bits per heavy atom. The molecule has 1 aliphatic rings. The second-order valence-electron chi connectivity index (χ2n) is 5.09. The lowest BCUT2D eigenvalue weighted by molar-refractivity contribution is -0.119. The van der Waals surface area contributed by atoms with E-state index < -0.39 is 17.5 Å². The smallest absolute Gasteiger partial charge is 0.254 e. The van der Waals surface area contributed by atoms with Crippen molar-refractivity contribution in [2.24, 2.45) is 5.73 Å². The Hall–Kier alpha value is -2.02. The highest BCUT2D eigenvalue weighted by Crippen LogP contribution is 2.14. The van der Waals surface area contributed by atoms with Crippen LogP contribution in [0.25, 0.3) is 0 Å². The van der Waals surface area contributed by atoms with Crippen molar-refractivity contribution >= 4 is 11.8 Å². The van der Waals surface area contributed by atoms with Crippen molar-refractivity contribution < 1.29 is 18.4 Å². The third-order valence-corrected chi connectivity index (χ3v) is 3.50. The maximum Gasteiger partial charge on any atom is 0.254 e. The van der Waals surface area contributed by atoms with Crippen LogP contribution in [0, 0.1) is 11.6 Å². The van der Waals surface area contributed by atoms with Gasteiger partial charge in [-0.2, -0.15) is 0 Å². The number of nitrogens with one attached hydrogen (secondary N) is 1. The summed E-state index contributed by atoms with van der Waals surface area (Å²) in [4.78, 5) is 24.7. The Kier molecular flexibility index (Phi) is 4.85. The van der Waals surface area contributed by atoms with Gasteiger partial charge >= 0.3 is 0 Å². The van der Waals surface area contributed by atoms with Crippen LogP contribution < -0.4 is 11.1 Å². The van der Waals surface area contributed by atoms with Crippen molar-refractivity contribution in [3.8, 4) is 0 Å². The fraction of sp³-hybridized carbons (Fsp3) is 0.429. The second kappa shape index (κ2) is 6.62.